The lowest BCUT2D eigenvalue weighted by molar-refractivity contribution is 0.0545. The average Bonchev–Trinajstić information content (AvgIpc) is 2.95. The van der Waals surface area contributed by atoms with Gasteiger partial charge in [-0.3, -0.25) is 15.1 Å². The second-order valence-electron chi connectivity index (χ2n) is 5.97. The molecule has 1 amide bonds. The van der Waals surface area contributed by atoms with Crippen LogP contribution in [0.5, 0.6) is 0 Å². The highest BCUT2D eigenvalue weighted by Crippen LogP contribution is 2.36. The minimum absolute atomic E-state index is 0.160. The molecule has 0 bridgehead atoms. The van der Waals surface area contributed by atoms with Gasteiger partial charge in [0.25, 0.3) is 5.91 Å². The lowest BCUT2D eigenvalue weighted by Crippen LogP contribution is -2.46. The van der Waals surface area contributed by atoms with Gasteiger partial charge in [-0.05, 0) is 55.2 Å². The molecule has 1 saturated carbocycles. The second kappa shape index (κ2) is 6.24. The molecule has 5 heteroatoms. The minimum atomic E-state index is -0.160. The number of rotatable bonds is 3. The zero-order valence-electron chi connectivity index (χ0n) is 11.8. The summed E-state index contributed by atoms with van der Waals surface area (Å²) in [7, 11) is 0. The molecule has 1 saturated heterocycles. The van der Waals surface area contributed by atoms with E-state index in [9.17, 15) is 4.79 Å². The predicted octanol–water partition coefficient (Wildman–Crippen LogP) is 2.51. The van der Waals surface area contributed by atoms with E-state index >= 15 is 0 Å². The van der Waals surface area contributed by atoms with Crippen molar-refractivity contribution in [3.8, 4) is 0 Å². The molecular weight excluding hydrogens is 270 g/mol. The van der Waals surface area contributed by atoms with E-state index in [2.05, 4.69) is 16.4 Å². The van der Waals surface area contributed by atoms with E-state index in [0.717, 1.165) is 28.9 Å². The first kappa shape index (κ1) is 14.0. The molecule has 1 aliphatic carbocycles. The Morgan fingerprint density at radius 1 is 1.35 bits per heavy atom. The number of nitrogens with one attached hydrogen (secondary N) is 1. The van der Waals surface area contributed by atoms with E-state index in [1.54, 1.807) is 0 Å². The van der Waals surface area contributed by atoms with Crippen LogP contribution in [0.4, 0.5) is 0 Å². The summed E-state index contributed by atoms with van der Waals surface area (Å²) in [6, 6.07) is 2.80. The molecule has 0 unspecified atom stereocenters. The Morgan fingerprint density at radius 3 is 3.00 bits per heavy atom. The number of carbonyl (C=O) groups is 1. The zero-order valence-corrected chi connectivity index (χ0v) is 12.6. The molecule has 2 atom stereocenters. The van der Waals surface area contributed by atoms with Crippen LogP contribution in [-0.4, -0.2) is 23.4 Å². The van der Waals surface area contributed by atoms with Crippen molar-refractivity contribution >= 4 is 17.2 Å². The quantitative estimate of drug-likeness (QED) is 0.511. The Hall–Kier alpha value is -0.910. The molecule has 1 aliphatic heterocycles. The van der Waals surface area contributed by atoms with Gasteiger partial charge in [-0.25, -0.2) is 5.84 Å². The van der Waals surface area contributed by atoms with Crippen molar-refractivity contribution in [3.63, 3.8) is 0 Å². The molecule has 20 heavy (non-hydrogen) atoms. The third-order valence-electron chi connectivity index (χ3n) is 4.82. The highest BCUT2D eigenvalue weighted by Gasteiger charge is 2.33. The fraction of sp³-hybridized carbons (Fsp3) is 0.667. The molecule has 3 N–H and O–H groups in total. The van der Waals surface area contributed by atoms with Crippen LogP contribution in [0.15, 0.2) is 11.4 Å². The number of thiophene rings is 1. The maximum atomic E-state index is 11.8. The molecule has 0 aromatic carbocycles. The Labute approximate surface area is 124 Å². The Balaban J connectivity index is 1.73. The number of nitrogens with two attached hydrogens (primary N) is 1. The van der Waals surface area contributed by atoms with Gasteiger partial charge in [-0.15, -0.1) is 11.3 Å². The molecule has 1 aromatic heterocycles. The zero-order chi connectivity index (χ0) is 13.9. The van der Waals surface area contributed by atoms with Crippen molar-refractivity contribution in [1.82, 2.24) is 10.3 Å². The number of amides is 1. The SMILES string of the molecule is NNC(=O)c1sccc1CN1CCC[C@H]2CCCC[C@H]21. The molecule has 3 rings (SSSR count). The number of nitrogens with zero attached hydrogens (tertiary/aromatic N) is 1. The number of hydrogen-bond donors (Lipinski definition) is 2. The van der Waals surface area contributed by atoms with Crippen molar-refractivity contribution in [2.75, 3.05) is 6.54 Å². The van der Waals surface area contributed by atoms with Crippen LogP contribution in [0.25, 0.3) is 0 Å². The molecular formula is C15H23N3OS. The summed E-state index contributed by atoms with van der Waals surface area (Å²) < 4.78 is 0. The summed E-state index contributed by atoms with van der Waals surface area (Å²) >= 11 is 1.48. The molecule has 2 heterocycles. The van der Waals surface area contributed by atoms with Crippen molar-refractivity contribution in [2.24, 2.45) is 11.8 Å². The topological polar surface area (TPSA) is 58.4 Å². The molecule has 2 aliphatic rings. The van der Waals surface area contributed by atoms with E-state index in [-0.39, 0.29) is 5.91 Å². The number of fused-ring (bicyclic) bond motifs is 1. The summed E-state index contributed by atoms with van der Waals surface area (Å²) in [5.74, 6) is 5.98. The largest absolute Gasteiger partial charge is 0.296 e. The highest BCUT2D eigenvalue weighted by atomic mass is 32.1. The van der Waals surface area contributed by atoms with Gasteiger partial charge in [-0.2, -0.15) is 0 Å². The third-order valence-corrected chi connectivity index (χ3v) is 5.77. The van der Waals surface area contributed by atoms with E-state index in [1.807, 2.05) is 5.38 Å². The summed E-state index contributed by atoms with van der Waals surface area (Å²) in [5.41, 5.74) is 3.38. The smallest absolute Gasteiger partial charge is 0.275 e. The fourth-order valence-corrected chi connectivity index (χ4v) is 4.69. The van der Waals surface area contributed by atoms with E-state index in [1.165, 1.54) is 56.4 Å². The minimum Gasteiger partial charge on any atom is -0.296 e. The lowest BCUT2D eigenvalue weighted by atomic mass is 9.78. The third kappa shape index (κ3) is 2.75. The number of nitrogen functional groups attached to an aromatic ring is 1. The highest BCUT2D eigenvalue weighted by molar-refractivity contribution is 7.12. The van der Waals surface area contributed by atoms with Gasteiger partial charge in [0.1, 0.15) is 0 Å². The van der Waals surface area contributed by atoms with Gasteiger partial charge < -0.3 is 0 Å². The molecule has 0 spiro atoms. The van der Waals surface area contributed by atoms with E-state index in [4.69, 9.17) is 5.84 Å². The van der Waals surface area contributed by atoms with Gasteiger partial charge >= 0.3 is 0 Å². The van der Waals surface area contributed by atoms with Crippen molar-refractivity contribution < 1.29 is 4.79 Å². The maximum Gasteiger partial charge on any atom is 0.275 e. The van der Waals surface area contributed by atoms with E-state index < -0.39 is 0 Å². The summed E-state index contributed by atoms with van der Waals surface area (Å²) in [5, 5.41) is 1.99. The van der Waals surface area contributed by atoms with Gasteiger partial charge in [0, 0.05) is 12.6 Å². The second-order valence-corrected chi connectivity index (χ2v) is 6.89. The monoisotopic (exact) mass is 293 g/mol. The van der Waals surface area contributed by atoms with Crippen molar-refractivity contribution in [1.29, 1.82) is 0 Å². The summed E-state index contributed by atoms with van der Waals surface area (Å²) in [4.78, 5) is 15.1. The van der Waals surface area contributed by atoms with Gasteiger partial charge in [0.2, 0.25) is 0 Å². The van der Waals surface area contributed by atoms with Crippen LogP contribution < -0.4 is 11.3 Å². The molecule has 0 radical (unpaired) electrons. The number of piperidine rings is 1. The summed E-state index contributed by atoms with van der Waals surface area (Å²) in [6.45, 7) is 2.06. The normalized spacial score (nSPS) is 27.1. The molecule has 2 fully saturated rings. The average molecular weight is 293 g/mol. The van der Waals surface area contributed by atoms with Crippen LogP contribution >= 0.6 is 11.3 Å². The first-order valence-corrected chi connectivity index (χ1v) is 8.49. The number of likely N-dealkylation sites (tertiary alicyclic amines) is 1. The number of hydrazine groups is 1. The van der Waals surface area contributed by atoms with Crippen LogP contribution in [0, 0.1) is 5.92 Å². The van der Waals surface area contributed by atoms with Gasteiger partial charge in [0.15, 0.2) is 0 Å². The first-order valence-electron chi connectivity index (χ1n) is 7.61. The Morgan fingerprint density at radius 2 is 2.15 bits per heavy atom. The Bertz CT molecular complexity index is 471. The maximum absolute atomic E-state index is 11.8. The predicted molar refractivity (Wildman–Crippen MR) is 81.4 cm³/mol. The van der Waals surface area contributed by atoms with Crippen LogP contribution in [0.2, 0.25) is 0 Å². The van der Waals surface area contributed by atoms with Crippen molar-refractivity contribution in [2.45, 2.75) is 51.1 Å². The lowest BCUT2D eigenvalue weighted by Gasteiger charge is -2.44. The van der Waals surface area contributed by atoms with Crippen LogP contribution in [-0.2, 0) is 6.54 Å². The molecule has 110 valence electrons. The Kier molecular flexibility index (Phi) is 4.38. The van der Waals surface area contributed by atoms with Crippen molar-refractivity contribution in [3.05, 3.63) is 21.9 Å². The first-order chi connectivity index (χ1) is 9.79. The summed E-state index contributed by atoms with van der Waals surface area (Å²) in [6.07, 6.45) is 8.16. The number of hydrogen-bond acceptors (Lipinski definition) is 4. The van der Waals surface area contributed by atoms with E-state index in [0.29, 0.717) is 0 Å². The molecule has 4 nitrogen and oxygen atoms in total. The van der Waals surface area contributed by atoms with Gasteiger partial charge in [0.05, 0.1) is 4.88 Å². The fourth-order valence-electron chi connectivity index (χ4n) is 3.87. The van der Waals surface area contributed by atoms with Crippen LogP contribution in [0.1, 0.15) is 53.8 Å². The standard InChI is InChI=1S/C15H23N3OS/c16-17-15(19)14-12(7-9-20-14)10-18-8-3-5-11-4-1-2-6-13(11)18/h7,9,11,13H,1-6,8,10,16H2,(H,17,19)/t11-,13-/m1/s1. The molecule has 1 aromatic rings. The van der Waals surface area contributed by atoms with Crippen LogP contribution in [0.3, 0.4) is 0 Å². The van der Waals surface area contributed by atoms with Gasteiger partial charge in [-0.1, -0.05) is 12.8 Å². The number of carbonyl (C=O) groups excluding carboxylic acids is 1.